The zero-order valence-corrected chi connectivity index (χ0v) is 20.4. The molecule has 2 rings (SSSR count). The van der Waals surface area contributed by atoms with Crippen molar-refractivity contribution in [2.24, 2.45) is 0 Å². The summed E-state index contributed by atoms with van der Waals surface area (Å²) in [5.41, 5.74) is 0.892. The SMILES string of the molecule is CC(C)(C)[Si](C)(C)OCCOc1ccc(Cl)cc1/C=C(\C#N)c1ccc(Cl)cc1F. The summed E-state index contributed by atoms with van der Waals surface area (Å²) in [7, 11) is -1.86. The molecule has 0 atom stereocenters. The number of benzene rings is 2. The van der Waals surface area contributed by atoms with Gasteiger partial charge in [-0.2, -0.15) is 5.26 Å². The van der Waals surface area contributed by atoms with Crippen LogP contribution in [0.2, 0.25) is 28.2 Å². The van der Waals surface area contributed by atoms with E-state index >= 15 is 0 Å². The van der Waals surface area contributed by atoms with Gasteiger partial charge in [-0.25, -0.2) is 4.39 Å². The highest BCUT2D eigenvalue weighted by Gasteiger charge is 2.36. The van der Waals surface area contributed by atoms with Crippen molar-refractivity contribution < 1.29 is 13.6 Å². The molecule has 0 amide bonds. The van der Waals surface area contributed by atoms with Gasteiger partial charge in [0, 0.05) is 21.2 Å². The lowest BCUT2D eigenvalue weighted by Gasteiger charge is -2.36. The van der Waals surface area contributed by atoms with Crippen molar-refractivity contribution >= 4 is 43.2 Å². The minimum Gasteiger partial charge on any atom is -0.491 e. The first-order chi connectivity index (χ1) is 13.9. The maximum absolute atomic E-state index is 14.3. The third-order valence-electron chi connectivity index (χ3n) is 5.22. The molecule has 0 fully saturated rings. The molecule has 7 heteroatoms. The van der Waals surface area contributed by atoms with Crippen LogP contribution in [0.5, 0.6) is 5.75 Å². The molecule has 2 aromatic carbocycles. The molecule has 0 bridgehead atoms. The Morgan fingerprint density at radius 1 is 1.10 bits per heavy atom. The first-order valence-electron chi connectivity index (χ1n) is 9.58. The quantitative estimate of drug-likeness (QED) is 0.183. The van der Waals surface area contributed by atoms with Crippen LogP contribution in [0.4, 0.5) is 4.39 Å². The molecule has 30 heavy (non-hydrogen) atoms. The van der Waals surface area contributed by atoms with Crippen LogP contribution < -0.4 is 4.74 Å². The zero-order chi connectivity index (χ0) is 22.5. The van der Waals surface area contributed by atoms with Crippen LogP contribution in [-0.2, 0) is 4.43 Å². The summed E-state index contributed by atoms with van der Waals surface area (Å²) in [6.45, 7) is 11.7. The minimum absolute atomic E-state index is 0.117. The molecule has 0 saturated heterocycles. The number of ether oxygens (including phenoxy) is 1. The smallest absolute Gasteiger partial charge is 0.192 e. The second-order valence-electron chi connectivity index (χ2n) is 8.43. The minimum atomic E-state index is -1.86. The van der Waals surface area contributed by atoms with E-state index in [9.17, 15) is 9.65 Å². The Morgan fingerprint density at radius 2 is 1.73 bits per heavy atom. The molecular formula is C23H26Cl2FNO2Si. The molecule has 0 aliphatic carbocycles. The third kappa shape index (κ3) is 6.33. The van der Waals surface area contributed by atoms with Crippen LogP contribution in [0.15, 0.2) is 36.4 Å². The van der Waals surface area contributed by atoms with Crippen LogP contribution in [0.3, 0.4) is 0 Å². The normalized spacial score (nSPS) is 12.6. The highest BCUT2D eigenvalue weighted by atomic mass is 35.5. The topological polar surface area (TPSA) is 42.2 Å². The second kappa shape index (κ2) is 9.98. The second-order valence-corrected chi connectivity index (χ2v) is 14.1. The zero-order valence-electron chi connectivity index (χ0n) is 17.9. The van der Waals surface area contributed by atoms with E-state index in [2.05, 4.69) is 33.9 Å². The first kappa shape index (κ1) is 24.4. The van der Waals surface area contributed by atoms with E-state index in [0.717, 1.165) is 0 Å². The number of nitriles is 1. The van der Waals surface area contributed by atoms with E-state index in [1.165, 1.54) is 12.1 Å². The van der Waals surface area contributed by atoms with Crippen molar-refractivity contribution in [3.05, 3.63) is 63.4 Å². The summed E-state index contributed by atoms with van der Waals surface area (Å²) in [6.07, 6.45) is 1.56. The highest BCUT2D eigenvalue weighted by molar-refractivity contribution is 6.74. The van der Waals surface area contributed by atoms with Gasteiger partial charge in [-0.3, -0.25) is 0 Å². The van der Waals surface area contributed by atoms with E-state index in [1.54, 1.807) is 30.3 Å². The lowest BCUT2D eigenvalue weighted by atomic mass is 10.0. The van der Waals surface area contributed by atoms with Gasteiger partial charge < -0.3 is 9.16 Å². The predicted octanol–water partition coefficient (Wildman–Crippen LogP) is 7.60. The molecule has 0 aliphatic rings. The van der Waals surface area contributed by atoms with E-state index in [4.69, 9.17) is 32.4 Å². The van der Waals surface area contributed by atoms with Gasteiger partial charge in [0.15, 0.2) is 8.32 Å². The summed E-state index contributed by atoms with van der Waals surface area (Å²) < 4.78 is 26.3. The number of rotatable bonds is 7. The average molecular weight is 466 g/mol. The van der Waals surface area contributed by atoms with Crippen molar-refractivity contribution in [1.29, 1.82) is 5.26 Å². The van der Waals surface area contributed by atoms with Crippen LogP contribution in [0, 0.1) is 17.1 Å². The summed E-state index contributed by atoms with van der Waals surface area (Å²) >= 11 is 11.9. The Hall–Kier alpha value is -1.84. The molecule has 0 N–H and O–H groups in total. The number of hydrogen-bond donors (Lipinski definition) is 0. The fourth-order valence-electron chi connectivity index (χ4n) is 2.46. The molecule has 0 heterocycles. The lowest BCUT2D eigenvalue weighted by Crippen LogP contribution is -2.41. The number of allylic oxidation sites excluding steroid dienone is 1. The molecule has 2 aromatic rings. The summed E-state index contributed by atoms with van der Waals surface area (Å²) in [6, 6.07) is 11.3. The Bertz CT molecular complexity index is 978. The fourth-order valence-corrected chi connectivity index (χ4v) is 3.83. The van der Waals surface area contributed by atoms with Gasteiger partial charge in [-0.05, 0) is 60.6 Å². The molecule has 3 nitrogen and oxygen atoms in total. The number of nitrogens with zero attached hydrogens (tertiary/aromatic N) is 1. The van der Waals surface area contributed by atoms with Gasteiger partial charge in [-0.15, -0.1) is 0 Å². The van der Waals surface area contributed by atoms with Crippen molar-refractivity contribution in [2.45, 2.75) is 38.9 Å². The summed E-state index contributed by atoms with van der Waals surface area (Å²) in [5, 5.41) is 10.4. The van der Waals surface area contributed by atoms with Crippen molar-refractivity contribution in [3.8, 4) is 11.8 Å². The molecule has 0 aliphatic heterocycles. The maximum Gasteiger partial charge on any atom is 0.192 e. The van der Waals surface area contributed by atoms with Crippen molar-refractivity contribution in [3.63, 3.8) is 0 Å². The molecule has 0 saturated carbocycles. The number of hydrogen-bond acceptors (Lipinski definition) is 3. The van der Waals surface area contributed by atoms with Gasteiger partial charge >= 0.3 is 0 Å². The van der Waals surface area contributed by atoms with Crippen LogP contribution in [-0.4, -0.2) is 21.5 Å². The third-order valence-corrected chi connectivity index (χ3v) is 10.2. The summed E-state index contributed by atoms with van der Waals surface area (Å²) in [5.74, 6) is -0.0251. The van der Waals surface area contributed by atoms with Crippen molar-refractivity contribution in [2.75, 3.05) is 13.2 Å². The van der Waals surface area contributed by atoms with Crippen LogP contribution in [0.1, 0.15) is 31.9 Å². The monoisotopic (exact) mass is 465 g/mol. The van der Waals surface area contributed by atoms with E-state index in [0.29, 0.717) is 29.5 Å². The largest absolute Gasteiger partial charge is 0.491 e. The molecule has 0 spiro atoms. The van der Waals surface area contributed by atoms with Gasteiger partial charge in [0.05, 0.1) is 18.2 Å². The Balaban J connectivity index is 2.22. The molecule has 0 unspecified atom stereocenters. The van der Waals surface area contributed by atoms with Crippen LogP contribution in [0.25, 0.3) is 11.6 Å². The maximum atomic E-state index is 14.3. The average Bonchev–Trinajstić information content (AvgIpc) is 2.64. The van der Waals surface area contributed by atoms with Gasteiger partial charge in [0.2, 0.25) is 0 Å². The lowest BCUT2D eigenvalue weighted by molar-refractivity contribution is 0.203. The van der Waals surface area contributed by atoms with E-state index < -0.39 is 14.1 Å². The molecule has 0 aromatic heterocycles. The van der Waals surface area contributed by atoms with E-state index in [-0.39, 0.29) is 21.2 Å². The van der Waals surface area contributed by atoms with Gasteiger partial charge in [0.1, 0.15) is 18.2 Å². The van der Waals surface area contributed by atoms with Crippen LogP contribution >= 0.6 is 23.2 Å². The molecule has 160 valence electrons. The standard InChI is InChI=1S/C23H26Cl2FNO2Si/c1-23(2,3)30(4,5)29-11-10-28-22-9-7-18(24)13-16(22)12-17(15-27)20-8-6-19(25)14-21(20)26/h6-9,12-14H,10-11H2,1-5H3/b17-12+. The highest BCUT2D eigenvalue weighted by Crippen LogP contribution is 2.36. The van der Waals surface area contributed by atoms with Gasteiger partial charge in [0.25, 0.3) is 0 Å². The van der Waals surface area contributed by atoms with Crippen molar-refractivity contribution in [1.82, 2.24) is 0 Å². The first-order valence-corrected chi connectivity index (χ1v) is 13.2. The Kier molecular flexibility index (Phi) is 8.12. The van der Waals surface area contributed by atoms with E-state index in [1.807, 2.05) is 6.07 Å². The Labute approximate surface area is 189 Å². The Morgan fingerprint density at radius 3 is 2.33 bits per heavy atom. The summed E-state index contributed by atoms with van der Waals surface area (Å²) in [4.78, 5) is 0. The predicted molar refractivity (Wildman–Crippen MR) is 125 cm³/mol. The molecule has 0 radical (unpaired) electrons. The number of halogens is 3. The molecular weight excluding hydrogens is 440 g/mol. The fraction of sp³-hybridized carbons (Fsp3) is 0.348. The van der Waals surface area contributed by atoms with Gasteiger partial charge in [-0.1, -0.05) is 44.0 Å².